The normalized spacial score (nSPS) is 11.3. The summed E-state index contributed by atoms with van der Waals surface area (Å²) in [4.78, 5) is 9.52. The smallest absolute Gasteiger partial charge is 0.387 e. The number of fused-ring (bicyclic) bond motifs is 1. The van der Waals surface area contributed by atoms with Crippen LogP contribution in [0.25, 0.3) is 16.9 Å². The molecule has 3 aromatic heterocycles. The lowest BCUT2D eigenvalue weighted by atomic mass is 10.1. The van der Waals surface area contributed by atoms with Gasteiger partial charge in [0.2, 0.25) is 5.82 Å². The fourth-order valence-corrected chi connectivity index (χ4v) is 3.18. The van der Waals surface area contributed by atoms with Crippen molar-refractivity contribution >= 4 is 22.8 Å². The summed E-state index contributed by atoms with van der Waals surface area (Å²) in [7, 11) is 1.49. The molecule has 0 aliphatic heterocycles. The molecular formula is C20H16F4N6O2. The average molecular weight is 448 g/mol. The highest BCUT2D eigenvalue weighted by Gasteiger charge is 2.23. The van der Waals surface area contributed by atoms with Crippen LogP contribution in [0, 0.1) is 11.6 Å². The fraction of sp³-hybridized carbons (Fsp3) is 0.150. The van der Waals surface area contributed by atoms with E-state index < -0.39 is 30.7 Å². The van der Waals surface area contributed by atoms with E-state index in [4.69, 9.17) is 5.73 Å². The van der Waals surface area contributed by atoms with Gasteiger partial charge in [0, 0.05) is 25.0 Å². The number of nitrogen functional groups attached to an aromatic ring is 1. The minimum atomic E-state index is -2.98. The van der Waals surface area contributed by atoms with Crippen molar-refractivity contribution in [3.8, 4) is 17.1 Å². The molecule has 4 aromatic rings. The van der Waals surface area contributed by atoms with Gasteiger partial charge in [0.25, 0.3) is 0 Å². The molecule has 0 amide bonds. The van der Waals surface area contributed by atoms with Gasteiger partial charge >= 0.3 is 6.61 Å². The molecule has 0 radical (unpaired) electrons. The second-order valence-electron chi connectivity index (χ2n) is 6.66. The molecular weight excluding hydrogens is 432 g/mol. The number of pyridine rings is 1. The maximum absolute atomic E-state index is 14.8. The first-order chi connectivity index (χ1) is 15.3. The first-order valence-corrected chi connectivity index (χ1v) is 9.18. The van der Waals surface area contributed by atoms with Crippen molar-refractivity contribution in [3.05, 3.63) is 59.9 Å². The van der Waals surface area contributed by atoms with E-state index in [2.05, 4.69) is 19.8 Å². The van der Waals surface area contributed by atoms with Crippen molar-refractivity contribution in [2.24, 2.45) is 0 Å². The summed E-state index contributed by atoms with van der Waals surface area (Å²) >= 11 is 0. The van der Waals surface area contributed by atoms with Crippen LogP contribution < -0.4 is 15.4 Å². The van der Waals surface area contributed by atoms with E-state index in [0.29, 0.717) is 5.69 Å². The molecule has 4 rings (SSSR count). The van der Waals surface area contributed by atoms with Crippen LogP contribution in [0.5, 0.6) is 5.75 Å². The van der Waals surface area contributed by atoms with Crippen LogP contribution in [-0.4, -0.2) is 38.3 Å². The molecule has 8 nitrogen and oxygen atoms in total. The number of hydrogen-bond donors (Lipinski definition) is 2. The zero-order valence-corrected chi connectivity index (χ0v) is 16.5. The largest absolute Gasteiger partial charge is 0.435 e. The van der Waals surface area contributed by atoms with E-state index in [1.54, 1.807) is 0 Å². The number of halogens is 4. The third-order valence-corrected chi connectivity index (χ3v) is 4.67. The highest BCUT2D eigenvalue weighted by atomic mass is 19.3. The highest BCUT2D eigenvalue weighted by Crippen LogP contribution is 2.33. The molecule has 0 fully saturated rings. The molecule has 0 aliphatic carbocycles. The number of benzene rings is 1. The van der Waals surface area contributed by atoms with Crippen molar-refractivity contribution in [3.63, 3.8) is 0 Å². The van der Waals surface area contributed by atoms with E-state index in [1.165, 1.54) is 59.1 Å². The molecule has 0 aliphatic rings. The molecule has 1 aromatic carbocycles. The van der Waals surface area contributed by atoms with Gasteiger partial charge in [0.05, 0.1) is 23.4 Å². The number of rotatable bonds is 6. The molecule has 32 heavy (non-hydrogen) atoms. The topological polar surface area (TPSA) is 102 Å². The van der Waals surface area contributed by atoms with Crippen LogP contribution in [-0.2, 0) is 6.61 Å². The fourth-order valence-electron chi connectivity index (χ4n) is 3.18. The summed E-state index contributed by atoms with van der Waals surface area (Å²) in [5.41, 5.74) is 6.74. The molecule has 0 bridgehead atoms. The van der Waals surface area contributed by atoms with Crippen LogP contribution in [0.4, 0.5) is 34.9 Å². The summed E-state index contributed by atoms with van der Waals surface area (Å²) < 4.78 is 59.0. The number of ether oxygens (including phenoxy) is 1. The maximum Gasteiger partial charge on any atom is 0.387 e. The zero-order chi connectivity index (χ0) is 23.0. The van der Waals surface area contributed by atoms with Crippen molar-refractivity contribution < 1.29 is 27.4 Å². The first-order valence-electron chi connectivity index (χ1n) is 9.18. The summed E-state index contributed by atoms with van der Waals surface area (Å²) in [6, 6.07) is 7.80. The molecule has 0 saturated carbocycles. The Labute approximate surface area is 178 Å². The van der Waals surface area contributed by atoms with Crippen molar-refractivity contribution in [1.29, 1.82) is 0 Å². The highest BCUT2D eigenvalue weighted by molar-refractivity contribution is 5.80. The predicted octanol–water partition coefficient (Wildman–Crippen LogP) is 3.51. The van der Waals surface area contributed by atoms with Gasteiger partial charge in [-0.15, -0.1) is 0 Å². The monoisotopic (exact) mass is 448 g/mol. The van der Waals surface area contributed by atoms with Gasteiger partial charge in [-0.2, -0.15) is 18.3 Å². The van der Waals surface area contributed by atoms with E-state index in [9.17, 15) is 22.7 Å². The van der Waals surface area contributed by atoms with Gasteiger partial charge in [0.15, 0.2) is 17.5 Å². The van der Waals surface area contributed by atoms with E-state index in [0.717, 1.165) is 0 Å². The number of aliphatic hydroxyl groups excluding tert-OH is 1. The Morgan fingerprint density at radius 3 is 2.53 bits per heavy atom. The number of hydrogen-bond acceptors (Lipinski definition) is 7. The number of anilines is 3. The van der Waals surface area contributed by atoms with Crippen LogP contribution in [0.2, 0.25) is 0 Å². The van der Waals surface area contributed by atoms with Gasteiger partial charge < -0.3 is 20.5 Å². The number of aliphatic hydroxyl groups is 1. The van der Waals surface area contributed by atoms with Crippen molar-refractivity contribution in [2.45, 2.75) is 13.2 Å². The lowest BCUT2D eigenvalue weighted by Gasteiger charge is -2.20. The van der Waals surface area contributed by atoms with Crippen LogP contribution in [0.3, 0.4) is 0 Å². The van der Waals surface area contributed by atoms with Crippen LogP contribution in [0.1, 0.15) is 5.69 Å². The molecule has 166 valence electrons. The average Bonchev–Trinajstić information content (AvgIpc) is 3.13. The number of aromatic nitrogens is 4. The summed E-state index contributed by atoms with van der Waals surface area (Å²) in [5.74, 6) is -2.32. The van der Waals surface area contributed by atoms with Crippen LogP contribution >= 0.6 is 0 Å². The quantitative estimate of drug-likeness (QED) is 0.435. The van der Waals surface area contributed by atoms with Gasteiger partial charge in [0.1, 0.15) is 11.6 Å². The Morgan fingerprint density at radius 1 is 1.16 bits per heavy atom. The Bertz CT molecular complexity index is 1280. The standard InChI is InChI=1S/C20H16F4N6O2/c1-29(11-2-4-12(5-3-11)32-20(23)24)19-16(22)17(25)26-18(27-19)15-13(9-31)28-30-7-6-10(21)8-14(15)30/h2-8,20,31H,9H2,1H3,(H2,25,26,27). The molecule has 0 spiro atoms. The zero-order valence-electron chi connectivity index (χ0n) is 16.5. The first kappa shape index (κ1) is 21.3. The van der Waals surface area contributed by atoms with E-state index in [1.807, 2.05) is 0 Å². The summed E-state index contributed by atoms with van der Waals surface area (Å²) in [6.45, 7) is -3.48. The number of nitrogens with two attached hydrogens (primary N) is 1. The van der Waals surface area contributed by atoms with E-state index in [-0.39, 0.29) is 34.2 Å². The SMILES string of the molecule is CN(c1ccc(OC(F)F)cc1)c1nc(-c2c(CO)nn3ccc(F)cc23)nc(N)c1F. The Morgan fingerprint density at radius 2 is 1.88 bits per heavy atom. The van der Waals surface area contributed by atoms with Gasteiger partial charge in [-0.1, -0.05) is 0 Å². The third kappa shape index (κ3) is 3.87. The molecule has 0 atom stereocenters. The minimum absolute atomic E-state index is 0.0681. The second kappa shape index (κ2) is 8.30. The number of nitrogens with zero attached hydrogens (tertiary/aromatic N) is 5. The van der Waals surface area contributed by atoms with Gasteiger partial charge in [-0.3, -0.25) is 0 Å². The molecule has 12 heteroatoms. The summed E-state index contributed by atoms with van der Waals surface area (Å²) in [5, 5.41) is 13.9. The second-order valence-corrected chi connectivity index (χ2v) is 6.66. The van der Waals surface area contributed by atoms with Crippen LogP contribution in [0.15, 0.2) is 42.6 Å². The lowest BCUT2D eigenvalue weighted by Crippen LogP contribution is -2.16. The molecule has 3 N–H and O–H groups in total. The summed E-state index contributed by atoms with van der Waals surface area (Å²) in [6.07, 6.45) is 1.36. The Balaban J connectivity index is 1.81. The molecule has 0 saturated heterocycles. The van der Waals surface area contributed by atoms with E-state index >= 15 is 0 Å². The molecule has 3 heterocycles. The lowest BCUT2D eigenvalue weighted by molar-refractivity contribution is -0.0498. The van der Waals surface area contributed by atoms with Gasteiger partial charge in [-0.25, -0.2) is 18.9 Å². The minimum Gasteiger partial charge on any atom is -0.435 e. The third-order valence-electron chi connectivity index (χ3n) is 4.67. The Hall–Kier alpha value is -3.93. The Kier molecular flexibility index (Phi) is 5.53. The maximum atomic E-state index is 14.8. The van der Waals surface area contributed by atoms with Crippen molar-refractivity contribution in [1.82, 2.24) is 19.6 Å². The predicted molar refractivity (Wildman–Crippen MR) is 108 cm³/mol. The number of alkyl halides is 2. The van der Waals surface area contributed by atoms with Crippen molar-refractivity contribution in [2.75, 3.05) is 17.7 Å². The molecule has 0 unspecified atom stereocenters. The van der Waals surface area contributed by atoms with Gasteiger partial charge in [-0.05, 0) is 30.3 Å².